The molecule has 0 N–H and O–H groups in total. The van der Waals surface area contributed by atoms with Crippen molar-refractivity contribution in [1.82, 2.24) is 15.1 Å². The molecule has 0 aliphatic carbocycles. The second-order valence-corrected chi connectivity index (χ2v) is 4.99. The highest BCUT2D eigenvalue weighted by molar-refractivity contribution is 5.71. The fraction of sp³-hybridized carbons (Fsp3) is 0.400. The first kappa shape index (κ1) is 14.4. The zero-order chi connectivity index (χ0) is 15.4. The SMILES string of the molecule is CCc1nnc(N2CCN(C(=O)Oc3ccccc3)CC2)o1. The molecule has 1 aliphatic rings. The Kier molecular flexibility index (Phi) is 4.22. The Morgan fingerprint density at radius 1 is 1.18 bits per heavy atom. The van der Waals surface area contributed by atoms with Gasteiger partial charge in [0.1, 0.15) is 5.75 Å². The van der Waals surface area contributed by atoms with E-state index in [9.17, 15) is 4.79 Å². The maximum absolute atomic E-state index is 12.1. The number of para-hydroxylation sites is 1. The summed E-state index contributed by atoms with van der Waals surface area (Å²) in [6, 6.07) is 9.60. The van der Waals surface area contributed by atoms with Crippen molar-refractivity contribution in [2.75, 3.05) is 31.1 Å². The first-order valence-corrected chi connectivity index (χ1v) is 7.35. The zero-order valence-corrected chi connectivity index (χ0v) is 12.4. The molecule has 0 bridgehead atoms. The minimum Gasteiger partial charge on any atom is -0.410 e. The van der Waals surface area contributed by atoms with Gasteiger partial charge >= 0.3 is 12.1 Å². The lowest BCUT2D eigenvalue weighted by atomic mass is 10.3. The van der Waals surface area contributed by atoms with Gasteiger partial charge in [-0.05, 0) is 12.1 Å². The molecule has 0 radical (unpaired) electrons. The third-order valence-corrected chi connectivity index (χ3v) is 3.52. The summed E-state index contributed by atoms with van der Waals surface area (Å²) in [5.41, 5.74) is 0. The number of anilines is 1. The Balaban J connectivity index is 1.54. The Labute approximate surface area is 128 Å². The molecule has 1 saturated heterocycles. The van der Waals surface area contributed by atoms with Gasteiger partial charge < -0.3 is 19.0 Å². The highest BCUT2D eigenvalue weighted by Crippen LogP contribution is 2.16. The molecule has 1 aliphatic heterocycles. The van der Waals surface area contributed by atoms with E-state index in [1.54, 1.807) is 17.0 Å². The smallest absolute Gasteiger partial charge is 0.410 e. The second-order valence-electron chi connectivity index (χ2n) is 4.99. The van der Waals surface area contributed by atoms with E-state index in [2.05, 4.69) is 10.2 Å². The monoisotopic (exact) mass is 302 g/mol. The van der Waals surface area contributed by atoms with Gasteiger partial charge in [0.2, 0.25) is 5.89 Å². The van der Waals surface area contributed by atoms with Crippen LogP contribution in [-0.4, -0.2) is 47.4 Å². The van der Waals surface area contributed by atoms with Crippen LogP contribution in [0.2, 0.25) is 0 Å². The maximum Gasteiger partial charge on any atom is 0.415 e. The van der Waals surface area contributed by atoms with Crippen LogP contribution in [0.3, 0.4) is 0 Å². The lowest BCUT2D eigenvalue weighted by Crippen LogP contribution is -2.49. The zero-order valence-electron chi connectivity index (χ0n) is 12.4. The molecular formula is C15H18N4O3. The van der Waals surface area contributed by atoms with Gasteiger partial charge in [0.15, 0.2) is 0 Å². The van der Waals surface area contributed by atoms with E-state index in [0.29, 0.717) is 43.8 Å². The maximum atomic E-state index is 12.1. The molecule has 1 amide bonds. The third-order valence-electron chi connectivity index (χ3n) is 3.52. The number of piperazine rings is 1. The van der Waals surface area contributed by atoms with Crippen molar-refractivity contribution in [3.8, 4) is 5.75 Å². The van der Waals surface area contributed by atoms with Crippen LogP contribution in [0.4, 0.5) is 10.8 Å². The standard InChI is InChI=1S/C15H18N4O3/c1-2-13-16-17-14(22-13)18-8-10-19(11-9-18)15(20)21-12-6-4-3-5-7-12/h3-7H,2,8-11H2,1H3. The number of hydrogen-bond acceptors (Lipinski definition) is 6. The molecule has 0 spiro atoms. The predicted molar refractivity (Wildman–Crippen MR) is 79.9 cm³/mol. The van der Waals surface area contributed by atoms with Crippen molar-refractivity contribution in [3.63, 3.8) is 0 Å². The Morgan fingerprint density at radius 2 is 1.91 bits per heavy atom. The van der Waals surface area contributed by atoms with Crippen LogP contribution in [0.25, 0.3) is 0 Å². The van der Waals surface area contributed by atoms with Crippen molar-refractivity contribution in [1.29, 1.82) is 0 Å². The van der Waals surface area contributed by atoms with Gasteiger partial charge in [-0.3, -0.25) is 0 Å². The summed E-state index contributed by atoms with van der Waals surface area (Å²) in [5, 5.41) is 7.98. The molecule has 1 fully saturated rings. The number of hydrogen-bond donors (Lipinski definition) is 0. The van der Waals surface area contributed by atoms with Gasteiger partial charge in [-0.2, -0.15) is 0 Å². The molecule has 3 rings (SSSR count). The number of nitrogens with zero attached hydrogens (tertiary/aromatic N) is 4. The average Bonchev–Trinajstić information content (AvgIpc) is 3.05. The van der Waals surface area contributed by atoms with Crippen molar-refractivity contribution in [3.05, 3.63) is 36.2 Å². The molecule has 1 aromatic carbocycles. The lowest BCUT2D eigenvalue weighted by Gasteiger charge is -2.32. The van der Waals surface area contributed by atoms with Crippen LogP contribution < -0.4 is 9.64 Å². The molecule has 1 aromatic heterocycles. The molecular weight excluding hydrogens is 284 g/mol. The van der Waals surface area contributed by atoms with Crippen molar-refractivity contribution >= 4 is 12.1 Å². The van der Waals surface area contributed by atoms with Gasteiger partial charge in [0.05, 0.1) is 0 Å². The fourth-order valence-electron chi connectivity index (χ4n) is 2.25. The largest absolute Gasteiger partial charge is 0.415 e. The molecule has 116 valence electrons. The first-order valence-electron chi connectivity index (χ1n) is 7.35. The summed E-state index contributed by atoms with van der Waals surface area (Å²) in [5.74, 6) is 1.18. The third kappa shape index (κ3) is 3.19. The van der Waals surface area contributed by atoms with Crippen LogP contribution in [0.1, 0.15) is 12.8 Å². The van der Waals surface area contributed by atoms with Crippen molar-refractivity contribution in [2.24, 2.45) is 0 Å². The van der Waals surface area contributed by atoms with Gasteiger partial charge in [0, 0.05) is 32.6 Å². The molecule has 0 saturated carbocycles. The van der Waals surface area contributed by atoms with Crippen LogP contribution >= 0.6 is 0 Å². The Hall–Kier alpha value is -2.57. The van der Waals surface area contributed by atoms with E-state index in [-0.39, 0.29) is 6.09 Å². The Morgan fingerprint density at radius 3 is 2.55 bits per heavy atom. The molecule has 0 unspecified atom stereocenters. The average molecular weight is 302 g/mol. The van der Waals surface area contributed by atoms with E-state index < -0.39 is 0 Å². The number of aromatic nitrogens is 2. The van der Waals surface area contributed by atoms with Crippen LogP contribution in [0, 0.1) is 0 Å². The summed E-state index contributed by atoms with van der Waals surface area (Å²) >= 11 is 0. The summed E-state index contributed by atoms with van der Waals surface area (Å²) in [6.45, 7) is 4.39. The predicted octanol–water partition coefficient (Wildman–Crippen LogP) is 1.95. The highest BCUT2D eigenvalue weighted by atomic mass is 16.6. The number of carbonyl (C=O) groups is 1. The minimum absolute atomic E-state index is 0.328. The van der Waals surface area contributed by atoms with E-state index in [1.165, 1.54) is 0 Å². The second kappa shape index (κ2) is 6.46. The van der Waals surface area contributed by atoms with Crippen LogP contribution in [-0.2, 0) is 6.42 Å². The topological polar surface area (TPSA) is 71.7 Å². The molecule has 2 aromatic rings. The lowest BCUT2D eigenvalue weighted by molar-refractivity contribution is 0.148. The molecule has 0 atom stereocenters. The number of amides is 1. The minimum atomic E-state index is -0.328. The number of ether oxygens (including phenoxy) is 1. The molecule has 2 heterocycles. The summed E-state index contributed by atoms with van der Waals surface area (Å²) < 4.78 is 10.9. The summed E-state index contributed by atoms with van der Waals surface area (Å²) in [6.07, 6.45) is 0.390. The van der Waals surface area contributed by atoms with E-state index >= 15 is 0 Å². The van der Waals surface area contributed by atoms with Gasteiger partial charge in [0.25, 0.3) is 0 Å². The van der Waals surface area contributed by atoms with Gasteiger partial charge in [-0.15, -0.1) is 5.10 Å². The van der Waals surface area contributed by atoms with Crippen LogP contribution in [0.15, 0.2) is 34.7 Å². The normalized spacial score (nSPS) is 15.0. The van der Waals surface area contributed by atoms with Crippen molar-refractivity contribution < 1.29 is 13.9 Å². The summed E-state index contributed by atoms with van der Waals surface area (Å²) in [4.78, 5) is 15.8. The van der Waals surface area contributed by atoms with Gasteiger partial charge in [-0.1, -0.05) is 30.2 Å². The van der Waals surface area contributed by atoms with Gasteiger partial charge in [-0.25, -0.2) is 4.79 Å². The summed E-state index contributed by atoms with van der Waals surface area (Å²) in [7, 11) is 0. The quantitative estimate of drug-likeness (QED) is 0.863. The van der Waals surface area contributed by atoms with E-state index in [4.69, 9.17) is 9.15 Å². The molecule has 7 nitrogen and oxygen atoms in total. The Bertz CT molecular complexity index is 621. The van der Waals surface area contributed by atoms with Crippen LogP contribution in [0.5, 0.6) is 5.75 Å². The van der Waals surface area contributed by atoms with E-state index in [1.807, 2.05) is 30.0 Å². The highest BCUT2D eigenvalue weighted by Gasteiger charge is 2.25. The van der Waals surface area contributed by atoms with Crippen molar-refractivity contribution in [2.45, 2.75) is 13.3 Å². The number of rotatable bonds is 3. The number of benzene rings is 1. The van der Waals surface area contributed by atoms with E-state index in [0.717, 1.165) is 6.42 Å². The number of carbonyl (C=O) groups excluding carboxylic acids is 1. The molecule has 22 heavy (non-hydrogen) atoms. The fourth-order valence-corrected chi connectivity index (χ4v) is 2.25. The molecule has 7 heteroatoms. The number of aryl methyl sites for hydroxylation is 1. The first-order chi connectivity index (χ1) is 10.8.